The van der Waals surface area contributed by atoms with E-state index in [1.54, 1.807) is 10.9 Å². The van der Waals surface area contributed by atoms with Gasteiger partial charge in [-0.2, -0.15) is 5.10 Å². The van der Waals surface area contributed by atoms with Crippen LogP contribution in [0.4, 0.5) is 0 Å². The van der Waals surface area contributed by atoms with Crippen LogP contribution in [0.3, 0.4) is 0 Å². The molecule has 27 heavy (non-hydrogen) atoms. The fourth-order valence-electron chi connectivity index (χ4n) is 3.05. The topological polar surface area (TPSA) is 66.3 Å². The van der Waals surface area contributed by atoms with Crippen LogP contribution in [-0.2, 0) is 18.4 Å². The summed E-state index contributed by atoms with van der Waals surface area (Å²) in [6.07, 6.45) is 5.45. The molecule has 7 nitrogen and oxygen atoms in total. The van der Waals surface area contributed by atoms with Crippen molar-refractivity contribution in [3.63, 3.8) is 0 Å². The van der Waals surface area contributed by atoms with Crippen molar-refractivity contribution < 1.29 is 4.79 Å². The summed E-state index contributed by atoms with van der Waals surface area (Å²) in [5.41, 5.74) is 1.97. The van der Waals surface area contributed by atoms with Gasteiger partial charge in [0, 0.05) is 57.7 Å². The summed E-state index contributed by atoms with van der Waals surface area (Å²) >= 11 is 0. The average Bonchev–Trinajstić information content (AvgIpc) is 3.03. The fraction of sp³-hybridized carbons (Fsp3) is 0.471. The molecule has 0 spiro atoms. The molecule has 2 aromatic heterocycles. The molecule has 1 N–H and O–H groups in total. The van der Waals surface area contributed by atoms with Gasteiger partial charge >= 0.3 is 0 Å². The summed E-state index contributed by atoms with van der Waals surface area (Å²) in [5, 5.41) is 7.27. The molecule has 0 aliphatic carbocycles. The molecule has 10 heteroatoms. The Balaban J connectivity index is 0.00000225. The minimum Gasteiger partial charge on any atom is -0.338 e. The Labute approximate surface area is 178 Å². The van der Waals surface area contributed by atoms with Gasteiger partial charge in [0.1, 0.15) is 6.04 Å². The maximum Gasteiger partial charge on any atom is 0.244 e. The minimum absolute atomic E-state index is 0. The number of piperazine rings is 1. The van der Waals surface area contributed by atoms with Crippen molar-refractivity contribution in [1.29, 1.82) is 0 Å². The zero-order valence-corrected chi connectivity index (χ0v) is 17.9. The summed E-state index contributed by atoms with van der Waals surface area (Å²) in [5.74, 6) is 0.114. The predicted molar refractivity (Wildman–Crippen MR) is 113 cm³/mol. The van der Waals surface area contributed by atoms with Crippen LogP contribution in [0.25, 0.3) is 0 Å². The number of nitrogens with zero attached hydrogens (tertiary/aromatic N) is 5. The number of carbonyl (C=O) groups is 1. The van der Waals surface area contributed by atoms with Gasteiger partial charge in [0.15, 0.2) is 0 Å². The molecule has 152 valence electrons. The number of carbonyl (C=O) groups excluding carboxylic acids is 1. The van der Waals surface area contributed by atoms with E-state index in [9.17, 15) is 4.79 Å². The maximum atomic E-state index is 12.8. The van der Waals surface area contributed by atoms with E-state index in [1.165, 1.54) is 0 Å². The lowest BCUT2D eigenvalue weighted by Gasteiger charge is -2.36. The normalized spacial score (nSPS) is 15.1. The predicted octanol–water partition coefficient (Wildman–Crippen LogP) is 1.69. The van der Waals surface area contributed by atoms with Crippen molar-refractivity contribution in [2.45, 2.75) is 12.6 Å². The molecule has 3 heterocycles. The molecule has 1 amide bonds. The van der Waals surface area contributed by atoms with Gasteiger partial charge < -0.3 is 10.2 Å². The Morgan fingerprint density at radius 1 is 1.19 bits per heavy atom. The van der Waals surface area contributed by atoms with E-state index in [1.807, 2.05) is 49.6 Å². The molecule has 0 aromatic carbocycles. The Morgan fingerprint density at radius 3 is 2.41 bits per heavy atom. The molecule has 0 radical (unpaired) electrons. The van der Waals surface area contributed by atoms with Gasteiger partial charge in [-0.25, -0.2) is 0 Å². The van der Waals surface area contributed by atoms with Crippen molar-refractivity contribution in [2.24, 2.45) is 7.05 Å². The summed E-state index contributed by atoms with van der Waals surface area (Å²) in [6.45, 7) is 4.05. The Bertz CT molecular complexity index is 676. The minimum atomic E-state index is -0.332. The number of hydrogen-bond acceptors (Lipinski definition) is 5. The van der Waals surface area contributed by atoms with Crippen LogP contribution in [0.2, 0.25) is 0 Å². The molecule has 1 atom stereocenters. The van der Waals surface area contributed by atoms with Crippen molar-refractivity contribution in [1.82, 2.24) is 29.9 Å². The summed E-state index contributed by atoms with van der Waals surface area (Å²) in [7, 11) is 3.67. The van der Waals surface area contributed by atoms with Gasteiger partial charge in [-0.3, -0.25) is 19.4 Å². The highest BCUT2D eigenvalue weighted by atomic mass is 35.5. The van der Waals surface area contributed by atoms with E-state index in [0.717, 1.165) is 44.0 Å². The van der Waals surface area contributed by atoms with Crippen LogP contribution in [0.5, 0.6) is 0 Å². The third-order valence-electron chi connectivity index (χ3n) is 4.39. The molecular formula is C17H27Cl3N6O. The van der Waals surface area contributed by atoms with E-state index in [4.69, 9.17) is 0 Å². The molecule has 1 fully saturated rings. The van der Waals surface area contributed by atoms with Crippen LogP contribution in [-0.4, -0.2) is 63.7 Å². The zero-order valence-electron chi connectivity index (χ0n) is 15.4. The largest absolute Gasteiger partial charge is 0.338 e. The van der Waals surface area contributed by atoms with Crippen LogP contribution in [0.1, 0.15) is 17.3 Å². The average molecular weight is 438 g/mol. The third kappa shape index (κ3) is 6.62. The maximum absolute atomic E-state index is 12.8. The molecule has 3 rings (SSSR count). The van der Waals surface area contributed by atoms with Crippen LogP contribution < -0.4 is 5.32 Å². The zero-order chi connectivity index (χ0) is 16.9. The molecule has 1 saturated heterocycles. The number of halogens is 3. The van der Waals surface area contributed by atoms with Crippen LogP contribution in [0, 0.1) is 0 Å². The first-order valence-corrected chi connectivity index (χ1v) is 8.24. The van der Waals surface area contributed by atoms with Crippen molar-refractivity contribution in [3.05, 3.63) is 48.0 Å². The van der Waals surface area contributed by atoms with Crippen molar-refractivity contribution in [3.8, 4) is 0 Å². The monoisotopic (exact) mass is 436 g/mol. The highest BCUT2D eigenvalue weighted by Crippen LogP contribution is 2.16. The first-order chi connectivity index (χ1) is 11.7. The molecule has 0 saturated carbocycles. The highest BCUT2D eigenvalue weighted by Gasteiger charge is 2.28. The Kier molecular flexibility index (Phi) is 11.5. The quantitative estimate of drug-likeness (QED) is 0.771. The lowest BCUT2D eigenvalue weighted by atomic mass is 10.1. The second-order valence-electron chi connectivity index (χ2n) is 6.09. The number of aromatic nitrogens is 3. The van der Waals surface area contributed by atoms with Crippen molar-refractivity contribution in [2.75, 3.05) is 33.2 Å². The molecule has 1 unspecified atom stereocenters. The SMILES string of the molecule is CNC(C(=O)N1CCN(Cc2ccccn2)CC1)c1cnn(C)c1.Cl.Cl.Cl. The molecule has 1 aliphatic rings. The third-order valence-corrected chi connectivity index (χ3v) is 4.39. The van der Waals surface area contributed by atoms with Gasteiger partial charge in [-0.15, -0.1) is 37.2 Å². The fourth-order valence-corrected chi connectivity index (χ4v) is 3.05. The highest BCUT2D eigenvalue weighted by molar-refractivity contribution is 5.86. The van der Waals surface area contributed by atoms with E-state index in [-0.39, 0.29) is 49.2 Å². The van der Waals surface area contributed by atoms with Gasteiger partial charge in [-0.1, -0.05) is 6.07 Å². The summed E-state index contributed by atoms with van der Waals surface area (Å²) in [4.78, 5) is 21.4. The van der Waals surface area contributed by atoms with Crippen LogP contribution >= 0.6 is 37.2 Å². The Hall–Kier alpha value is -1.38. The number of amides is 1. The second kappa shape index (κ2) is 12.2. The number of nitrogens with one attached hydrogen (secondary N) is 1. The number of rotatable bonds is 5. The second-order valence-corrected chi connectivity index (χ2v) is 6.09. The van der Waals surface area contributed by atoms with Gasteiger partial charge in [0.25, 0.3) is 0 Å². The van der Waals surface area contributed by atoms with Gasteiger partial charge in [-0.05, 0) is 19.2 Å². The molecule has 2 aromatic rings. The Morgan fingerprint density at radius 2 is 1.89 bits per heavy atom. The summed E-state index contributed by atoms with van der Waals surface area (Å²) < 4.78 is 1.72. The lowest BCUT2D eigenvalue weighted by molar-refractivity contribution is -0.135. The first kappa shape index (κ1) is 25.6. The number of pyridine rings is 1. The molecular weight excluding hydrogens is 411 g/mol. The van der Waals surface area contributed by atoms with Crippen LogP contribution in [0.15, 0.2) is 36.8 Å². The van der Waals surface area contributed by atoms with Crippen molar-refractivity contribution >= 4 is 43.1 Å². The van der Waals surface area contributed by atoms with Gasteiger partial charge in [0.2, 0.25) is 5.91 Å². The number of aryl methyl sites for hydroxylation is 1. The van der Waals surface area contributed by atoms with Gasteiger partial charge in [0.05, 0.1) is 11.9 Å². The standard InChI is InChI=1S/C17H24N6O.3ClH/c1-18-16(14-11-20-21(2)12-14)17(24)23-9-7-22(8-10-23)13-15-5-3-4-6-19-15;;;/h3-6,11-12,16,18H,7-10,13H2,1-2H3;3*1H. The van der Waals surface area contributed by atoms with E-state index in [0.29, 0.717) is 0 Å². The van der Waals surface area contributed by atoms with E-state index >= 15 is 0 Å². The van der Waals surface area contributed by atoms with E-state index in [2.05, 4.69) is 20.3 Å². The number of likely N-dealkylation sites (N-methyl/N-ethyl adjacent to an activating group) is 1. The van der Waals surface area contributed by atoms with E-state index < -0.39 is 0 Å². The number of hydrogen-bond donors (Lipinski definition) is 1. The molecule has 0 bridgehead atoms. The first-order valence-electron chi connectivity index (χ1n) is 8.24. The smallest absolute Gasteiger partial charge is 0.244 e. The molecule has 1 aliphatic heterocycles. The summed E-state index contributed by atoms with van der Waals surface area (Å²) in [6, 6.07) is 5.64. The lowest BCUT2D eigenvalue weighted by Crippen LogP contribution is -2.51.